The number of nitrogens with zero attached hydrogens (tertiary/aromatic N) is 2. The summed E-state index contributed by atoms with van der Waals surface area (Å²) >= 11 is 0. The highest BCUT2D eigenvalue weighted by Gasteiger charge is 2.25. The van der Waals surface area contributed by atoms with Crippen molar-refractivity contribution in [2.75, 3.05) is 25.9 Å². The molecule has 1 aromatic rings. The van der Waals surface area contributed by atoms with E-state index in [0.717, 1.165) is 24.9 Å². The zero-order chi connectivity index (χ0) is 15.3. The van der Waals surface area contributed by atoms with Gasteiger partial charge in [-0.15, -0.1) is 0 Å². The van der Waals surface area contributed by atoms with Crippen molar-refractivity contribution >= 4 is 10.0 Å². The van der Waals surface area contributed by atoms with Gasteiger partial charge >= 0.3 is 0 Å². The molecule has 0 radical (unpaired) electrons. The number of nitriles is 1. The first kappa shape index (κ1) is 16.0. The first-order valence-corrected chi connectivity index (χ1v) is 8.99. The van der Waals surface area contributed by atoms with Gasteiger partial charge in [-0.1, -0.05) is 12.1 Å². The number of piperidine rings is 1. The van der Waals surface area contributed by atoms with Gasteiger partial charge in [0.05, 0.1) is 17.9 Å². The topological polar surface area (TPSA) is 73.2 Å². The van der Waals surface area contributed by atoms with Gasteiger partial charge in [0, 0.05) is 19.6 Å². The SMILES string of the molecule is CS(=O)(=O)N1CCCC(CNCc2cccc(C#N)c2)C1. The fraction of sp³-hybridized carbons (Fsp3) is 0.533. The third-order valence-electron chi connectivity index (χ3n) is 3.77. The van der Waals surface area contributed by atoms with Crippen molar-refractivity contribution in [3.8, 4) is 6.07 Å². The van der Waals surface area contributed by atoms with E-state index in [4.69, 9.17) is 5.26 Å². The van der Waals surface area contributed by atoms with Gasteiger partial charge in [-0.3, -0.25) is 0 Å². The average Bonchev–Trinajstić information content (AvgIpc) is 2.47. The number of nitrogens with one attached hydrogen (secondary N) is 1. The maximum atomic E-state index is 11.6. The van der Waals surface area contributed by atoms with E-state index in [1.807, 2.05) is 18.2 Å². The van der Waals surface area contributed by atoms with Gasteiger partial charge in [-0.25, -0.2) is 12.7 Å². The van der Waals surface area contributed by atoms with Gasteiger partial charge in [-0.05, 0) is 43.0 Å². The molecule has 1 aromatic carbocycles. The summed E-state index contributed by atoms with van der Waals surface area (Å²) in [6.07, 6.45) is 3.25. The van der Waals surface area contributed by atoms with Crippen LogP contribution in [-0.2, 0) is 16.6 Å². The Hall–Kier alpha value is -1.42. The second-order valence-corrected chi connectivity index (χ2v) is 7.55. The van der Waals surface area contributed by atoms with Gasteiger partial charge in [0.25, 0.3) is 0 Å². The Morgan fingerprint density at radius 3 is 3.00 bits per heavy atom. The van der Waals surface area contributed by atoms with E-state index in [9.17, 15) is 8.42 Å². The van der Waals surface area contributed by atoms with Gasteiger partial charge in [0.15, 0.2) is 0 Å². The van der Waals surface area contributed by atoms with Crippen LogP contribution in [0.4, 0.5) is 0 Å². The molecule has 0 amide bonds. The molecular weight excluding hydrogens is 286 g/mol. The fourth-order valence-corrected chi connectivity index (χ4v) is 3.61. The van der Waals surface area contributed by atoms with Crippen LogP contribution in [0.15, 0.2) is 24.3 Å². The Morgan fingerprint density at radius 2 is 2.29 bits per heavy atom. The van der Waals surface area contributed by atoms with Crippen LogP contribution in [0.25, 0.3) is 0 Å². The lowest BCUT2D eigenvalue weighted by atomic mass is 9.99. The largest absolute Gasteiger partial charge is 0.312 e. The zero-order valence-electron chi connectivity index (χ0n) is 12.2. The van der Waals surface area contributed by atoms with Crippen molar-refractivity contribution in [3.05, 3.63) is 35.4 Å². The van der Waals surface area contributed by atoms with Crippen LogP contribution >= 0.6 is 0 Å². The molecule has 1 aliphatic heterocycles. The van der Waals surface area contributed by atoms with E-state index in [2.05, 4.69) is 11.4 Å². The molecule has 0 saturated carbocycles. The molecule has 1 heterocycles. The van der Waals surface area contributed by atoms with E-state index in [-0.39, 0.29) is 0 Å². The first-order valence-electron chi connectivity index (χ1n) is 7.14. The van der Waals surface area contributed by atoms with Crippen LogP contribution in [0, 0.1) is 17.2 Å². The van der Waals surface area contributed by atoms with E-state index < -0.39 is 10.0 Å². The summed E-state index contributed by atoms with van der Waals surface area (Å²) in [4.78, 5) is 0. The van der Waals surface area contributed by atoms with Crippen LogP contribution in [0.3, 0.4) is 0 Å². The molecule has 1 N–H and O–H groups in total. The third-order valence-corrected chi connectivity index (χ3v) is 5.04. The number of benzene rings is 1. The van der Waals surface area contributed by atoms with E-state index >= 15 is 0 Å². The van der Waals surface area contributed by atoms with E-state index in [1.54, 1.807) is 10.4 Å². The Balaban J connectivity index is 1.82. The normalized spacial score (nSPS) is 20.1. The van der Waals surface area contributed by atoms with Crippen LogP contribution in [0.5, 0.6) is 0 Å². The fourth-order valence-electron chi connectivity index (χ4n) is 2.67. The Bertz CT molecular complexity index is 622. The summed E-state index contributed by atoms with van der Waals surface area (Å²) in [7, 11) is -3.08. The number of hydrogen-bond donors (Lipinski definition) is 1. The predicted octanol–water partition coefficient (Wildman–Crippen LogP) is 1.32. The Labute approximate surface area is 126 Å². The van der Waals surface area contributed by atoms with Crippen molar-refractivity contribution < 1.29 is 8.42 Å². The number of hydrogen-bond acceptors (Lipinski definition) is 4. The number of sulfonamides is 1. The summed E-state index contributed by atoms with van der Waals surface area (Å²) < 4.78 is 24.7. The second-order valence-electron chi connectivity index (χ2n) is 5.57. The average molecular weight is 307 g/mol. The summed E-state index contributed by atoms with van der Waals surface area (Å²) in [5.74, 6) is 0.354. The van der Waals surface area contributed by atoms with E-state index in [0.29, 0.717) is 31.1 Å². The van der Waals surface area contributed by atoms with Crippen LogP contribution < -0.4 is 5.32 Å². The lowest BCUT2D eigenvalue weighted by Gasteiger charge is -2.31. The Kier molecular flexibility index (Phi) is 5.34. The standard InChI is InChI=1S/C15H21N3O2S/c1-21(19,20)18-7-3-6-15(12-18)11-17-10-14-5-2-4-13(8-14)9-16/h2,4-5,8,15,17H,3,6-7,10-12H2,1H3. The monoisotopic (exact) mass is 307 g/mol. The molecular formula is C15H21N3O2S. The Morgan fingerprint density at radius 1 is 1.48 bits per heavy atom. The number of rotatable bonds is 5. The van der Waals surface area contributed by atoms with Crippen molar-refractivity contribution in [3.63, 3.8) is 0 Å². The van der Waals surface area contributed by atoms with Gasteiger partial charge < -0.3 is 5.32 Å². The summed E-state index contributed by atoms with van der Waals surface area (Å²) in [5.41, 5.74) is 1.74. The maximum Gasteiger partial charge on any atom is 0.211 e. The lowest BCUT2D eigenvalue weighted by Crippen LogP contribution is -2.42. The highest BCUT2D eigenvalue weighted by molar-refractivity contribution is 7.88. The van der Waals surface area contributed by atoms with Crippen LogP contribution in [0.1, 0.15) is 24.0 Å². The lowest BCUT2D eigenvalue weighted by molar-refractivity contribution is 0.261. The maximum absolute atomic E-state index is 11.6. The van der Waals surface area contributed by atoms with Crippen molar-refractivity contribution in [1.29, 1.82) is 5.26 Å². The smallest absolute Gasteiger partial charge is 0.211 e. The van der Waals surface area contributed by atoms with Gasteiger partial charge in [0.2, 0.25) is 10.0 Å². The molecule has 6 heteroatoms. The highest BCUT2D eigenvalue weighted by atomic mass is 32.2. The third kappa shape index (κ3) is 4.81. The van der Waals surface area contributed by atoms with Gasteiger partial charge in [-0.2, -0.15) is 5.26 Å². The van der Waals surface area contributed by atoms with Crippen molar-refractivity contribution in [2.24, 2.45) is 5.92 Å². The molecule has 0 aliphatic carbocycles. The van der Waals surface area contributed by atoms with Crippen LogP contribution in [0.2, 0.25) is 0 Å². The highest BCUT2D eigenvalue weighted by Crippen LogP contribution is 2.18. The minimum absolute atomic E-state index is 0.354. The minimum atomic E-state index is -3.08. The summed E-state index contributed by atoms with van der Waals surface area (Å²) in [5, 5.41) is 12.2. The molecule has 1 aliphatic rings. The molecule has 5 nitrogen and oxygen atoms in total. The molecule has 1 saturated heterocycles. The molecule has 0 aromatic heterocycles. The molecule has 21 heavy (non-hydrogen) atoms. The zero-order valence-corrected chi connectivity index (χ0v) is 13.1. The van der Waals surface area contributed by atoms with Gasteiger partial charge in [0.1, 0.15) is 0 Å². The summed E-state index contributed by atoms with van der Waals surface area (Å²) in [6.45, 7) is 2.73. The molecule has 114 valence electrons. The first-order chi connectivity index (χ1) is 9.99. The van der Waals surface area contributed by atoms with Crippen LogP contribution in [-0.4, -0.2) is 38.6 Å². The molecule has 2 rings (SSSR count). The molecule has 0 spiro atoms. The predicted molar refractivity (Wildman–Crippen MR) is 82.0 cm³/mol. The second kappa shape index (κ2) is 7.03. The molecule has 1 fully saturated rings. The summed E-state index contributed by atoms with van der Waals surface area (Å²) in [6, 6.07) is 9.65. The van der Waals surface area contributed by atoms with E-state index in [1.165, 1.54) is 6.26 Å². The molecule has 0 bridgehead atoms. The molecule has 1 unspecified atom stereocenters. The minimum Gasteiger partial charge on any atom is -0.312 e. The quantitative estimate of drug-likeness (QED) is 0.890. The van der Waals surface area contributed by atoms with Crippen molar-refractivity contribution in [2.45, 2.75) is 19.4 Å². The van der Waals surface area contributed by atoms with Crippen molar-refractivity contribution in [1.82, 2.24) is 9.62 Å². The molecule has 1 atom stereocenters.